The highest BCUT2D eigenvalue weighted by molar-refractivity contribution is 6.32. The van der Waals surface area contributed by atoms with Crippen LogP contribution >= 0.6 is 0 Å². The van der Waals surface area contributed by atoms with E-state index in [1.165, 1.54) is 0 Å². The van der Waals surface area contributed by atoms with Crippen LogP contribution in [0.5, 0.6) is 11.5 Å². The van der Waals surface area contributed by atoms with Gasteiger partial charge in [0.15, 0.2) is 0 Å². The number of methoxy groups -OCH3 is 1. The summed E-state index contributed by atoms with van der Waals surface area (Å²) in [7, 11) is 1.57. The smallest absolute Gasteiger partial charge is 0.256 e. The van der Waals surface area contributed by atoms with E-state index in [4.69, 9.17) is 4.74 Å². The van der Waals surface area contributed by atoms with Crippen LogP contribution in [0.15, 0.2) is 35.9 Å². The molecule has 0 radical (unpaired) electrons. The van der Waals surface area contributed by atoms with Gasteiger partial charge < -0.3 is 25.8 Å². The lowest BCUT2D eigenvalue weighted by Gasteiger charge is -2.16. The lowest BCUT2D eigenvalue weighted by Crippen LogP contribution is -2.13. The number of amides is 1. The van der Waals surface area contributed by atoms with Crippen molar-refractivity contribution in [1.29, 1.82) is 0 Å². The first-order valence-corrected chi connectivity index (χ1v) is 8.05. The van der Waals surface area contributed by atoms with Crippen LogP contribution in [0.25, 0.3) is 5.57 Å². The van der Waals surface area contributed by atoms with Crippen molar-refractivity contribution in [2.75, 3.05) is 23.1 Å². The lowest BCUT2D eigenvalue weighted by molar-refractivity contribution is -0.110. The van der Waals surface area contributed by atoms with Crippen molar-refractivity contribution in [1.82, 2.24) is 0 Å². The number of hydrogen-bond donors (Lipinski definition) is 4. The first-order chi connectivity index (χ1) is 12.0. The standard InChI is InChI=1S/C19H19N3O3/c1-9(2)17-12-7-14-15(8-13(12)22-19(17)24)21-18(20-14)11-5-4-10(23)6-16(11)25-3/h4-8,18,20-21,23H,1-3H3,(H,22,24). The minimum atomic E-state index is -0.182. The van der Waals surface area contributed by atoms with E-state index in [2.05, 4.69) is 16.0 Å². The van der Waals surface area contributed by atoms with Crippen molar-refractivity contribution < 1.29 is 14.6 Å². The van der Waals surface area contributed by atoms with Crippen molar-refractivity contribution in [2.45, 2.75) is 20.0 Å². The molecule has 0 spiro atoms. The van der Waals surface area contributed by atoms with Gasteiger partial charge in [-0.1, -0.05) is 5.57 Å². The van der Waals surface area contributed by atoms with Crippen molar-refractivity contribution in [2.24, 2.45) is 0 Å². The van der Waals surface area contributed by atoms with Crippen molar-refractivity contribution in [3.8, 4) is 11.5 Å². The second kappa shape index (κ2) is 5.44. The maximum Gasteiger partial charge on any atom is 0.256 e. The fourth-order valence-corrected chi connectivity index (χ4v) is 3.39. The number of benzene rings is 2. The van der Waals surface area contributed by atoms with Crippen LogP contribution in [0, 0.1) is 0 Å². The van der Waals surface area contributed by atoms with E-state index in [0.29, 0.717) is 5.75 Å². The Morgan fingerprint density at radius 3 is 2.48 bits per heavy atom. The number of aromatic hydroxyl groups is 1. The molecule has 0 fully saturated rings. The van der Waals surface area contributed by atoms with Crippen LogP contribution in [-0.2, 0) is 4.79 Å². The Hall–Kier alpha value is -3.15. The number of fused-ring (bicyclic) bond motifs is 2. The lowest BCUT2D eigenvalue weighted by atomic mass is 10.0. The van der Waals surface area contributed by atoms with Gasteiger partial charge in [-0.3, -0.25) is 4.79 Å². The number of nitrogens with one attached hydrogen (secondary N) is 3. The Kier molecular flexibility index (Phi) is 3.35. The summed E-state index contributed by atoms with van der Waals surface area (Å²) in [6, 6.07) is 8.97. The van der Waals surface area contributed by atoms with Crippen LogP contribution in [-0.4, -0.2) is 18.1 Å². The molecule has 2 aromatic carbocycles. The summed E-state index contributed by atoms with van der Waals surface area (Å²) in [5.74, 6) is 0.699. The maximum atomic E-state index is 12.2. The minimum Gasteiger partial charge on any atom is -0.508 e. The topological polar surface area (TPSA) is 82.6 Å². The molecule has 0 aliphatic carbocycles. The summed E-state index contributed by atoms with van der Waals surface area (Å²) in [5, 5.41) is 19.4. The second-order valence-corrected chi connectivity index (χ2v) is 6.42. The average Bonchev–Trinajstić information content (AvgIpc) is 3.11. The molecule has 2 aliphatic heterocycles. The van der Waals surface area contributed by atoms with Crippen LogP contribution < -0.4 is 20.7 Å². The number of hydrogen-bond acceptors (Lipinski definition) is 5. The van der Waals surface area contributed by atoms with Gasteiger partial charge in [-0.05, 0) is 38.1 Å². The molecular formula is C19H19N3O3. The summed E-state index contributed by atoms with van der Waals surface area (Å²) < 4.78 is 5.38. The van der Waals surface area contributed by atoms with Gasteiger partial charge >= 0.3 is 0 Å². The highest BCUT2D eigenvalue weighted by atomic mass is 16.5. The Balaban J connectivity index is 1.72. The van der Waals surface area contributed by atoms with E-state index in [-0.39, 0.29) is 17.8 Å². The van der Waals surface area contributed by atoms with Gasteiger partial charge in [0.2, 0.25) is 0 Å². The van der Waals surface area contributed by atoms with Gasteiger partial charge in [-0.2, -0.15) is 0 Å². The van der Waals surface area contributed by atoms with E-state index < -0.39 is 0 Å². The average molecular weight is 337 g/mol. The SMILES string of the molecule is COc1cc(O)ccc1C1Nc2cc3c(cc2N1)C(=C(C)C)C(=O)N3. The molecule has 128 valence electrons. The highest BCUT2D eigenvalue weighted by Gasteiger charge is 2.30. The van der Waals surface area contributed by atoms with E-state index in [1.54, 1.807) is 19.2 Å². The molecule has 2 aliphatic rings. The molecule has 4 rings (SSSR count). The number of ether oxygens (including phenoxy) is 1. The van der Waals surface area contributed by atoms with Crippen LogP contribution in [0.2, 0.25) is 0 Å². The Morgan fingerprint density at radius 1 is 1.08 bits per heavy atom. The fourth-order valence-electron chi connectivity index (χ4n) is 3.39. The predicted octanol–water partition coefficient (Wildman–Crippen LogP) is 3.68. The number of carbonyl (C=O) groups is 1. The molecule has 0 bridgehead atoms. The van der Waals surface area contributed by atoms with Crippen molar-refractivity contribution in [3.63, 3.8) is 0 Å². The third-order valence-electron chi connectivity index (χ3n) is 4.53. The molecule has 0 saturated heterocycles. The van der Waals surface area contributed by atoms with Gasteiger partial charge in [0.1, 0.15) is 17.7 Å². The summed E-state index contributed by atoms with van der Waals surface area (Å²) in [4.78, 5) is 12.2. The predicted molar refractivity (Wildman–Crippen MR) is 98.0 cm³/mol. The molecule has 2 heterocycles. The third kappa shape index (κ3) is 2.38. The van der Waals surface area contributed by atoms with Gasteiger partial charge in [0.25, 0.3) is 5.91 Å². The zero-order chi connectivity index (χ0) is 17.7. The molecule has 0 aromatic heterocycles. The molecule has 1 atom stereocenters. The minimum absolute atomic E-state index is 0.0598. The first kappa shape index (κ1) is 15.4. The summed E-state index contributed by atoms with van der Waals surface area (Å²) in [6.45, 7) is 3.88. The van der Waals surface area contributed by atoms with Crippen LogP contribution in [0.3, 0.4) is 0 Å². The number of rotatable bonds is 2. The Labute approximate surface area is 145 Å². The Bertz CT molecular complexity index is 930. The quantitative estimate of drug-likeness (QED) is 0.629. The highest BCUT2D eigenvalue weighted by Crippen LogP contribution is 2.45. The van der Waals surface area contributed by atoms with Crippen LogP contribution in [0.4, 0.5) is 17.1 Å². The molecule has 1 amide bonds. The van der Waals surface area contributed by atoms with Crippen molar-refractivity contribution >= 4 is 28.5 Å². The third-order valence-corrected chi connectivity index (χ3v) is 4.53. The number of anilines is 3. The van der Waals surface area contributed by atoms with Crippen LogP contribution in [0.1, 0.15) is 31.1 Å². The van der Waals surface area contributed by atoms with E-state index in [0.717, 1.165) is 39.3 Å². The fraction of sp³-hybridized carbons (Fsp3) is 0.211. The van der Waals surface area contributed by atoms with E-state index >= 15 is 0 Å². The number of carbonyl (C=O) groups excluding carboxylic acids is 1. The molecule has 2 aromatic rings. The first-order valence-electron chi connectivity index (χ1n) is 8.05. The second-order valence-electron chi connectivity index (χ2n) is 6.42. The van der Waals surface area contributed by atoms with Gasteiger partial charge in [0, 0.05) is 22.8 Å². The molecule has 1 unspecified atom stereocenters. The monoisotopic (exact) mass is 337 g/mol. The normalized spacial score (nSPS) is 17.3. The van der Waals surface area contributed by atoms with Crippen molar-refractivity contribution in [3.05, 3.63) is 47.0 Å². The van der Waals surface area contributed by atoms with Gasteiger partial charge in [0.05, 0.1) is 24.2 Å². The Morgan fingerprint density at radius 2 is 1.80 bits per heavy atom. The number of phenolic OH excluding ortho intramolecular Hbond substituents is 1. The summed E-state index contributed by atoms with van der Waals surface area (Å²) >= 11 is 0. The summed E-state index contributed by atoms with van der Waals surface area (Å²) in [5.41, 5.74) is 6.17. The zero-order valence-corrected chi connectivity index (χ0v) is 14.2. The molecular weight excluding hydrogens is 318 g/mol. The van der Waals surface area contributed by atoms with E-state index in [1.807, 2.05) is 32.0 Å². The largest absolute Gasteiger partial charge is 0.508 e. The number of phenols is 1. The molecule has 4 N–H and O–H groups in total. The number of allylic oxidation sites excluding steroid dienone is 1. The molecule has 25 heavy (non-hydrogen) atoms. The maximum absolute atomic E-state index is 12.2. The van der Waals surface area contributed by atoms with Gasteiger partial charge in [-0.25, -0.2) is 0 Å². The molecule has 0 saturated carbocycles. The van der Waals surface area contributed by atoms with Gasteiger partial charge in [-0.15, -0.1) is 0 Å². The molecule has 6 nitrogen and oxygen atoms in total. The molecule has 6 heteroatoms. The van der Waals surface area contributed by atoms with E-state index in [9.17, 15) is 9.90 Å². The zero-order valence-electron chi connectivity index (χ0n) is 14.2. The summed E-state index contributed by atoms with van der Waals surface area (Å²) in [6.07, 6.45) is -0.182.